The molecule has 1 aromatic heterocycles. The first-order chi connectivity index (χ1) is 8.47. The van der Waals surface area contributed by atoms with Gasteiger partial charge in [-0.3, -0.25) is 4.79 Å². The van der Waals surface area contributed by atoms with Gasteiger partial charge in [-0.25, -0.2) is 4.98 Å². The van der Waals surface area contributed by atoms with Crippen molar-refractivity contribution < 1.29 is 4.79 Å². The summed E-state index contributed by atoms with van der Waals surface area (Å²) in [7, 11) is 0. The van der Waals surface area contributed by atoms with E-state index in [0.29, 0.717) is 11.0 Å². The highest BCUT2D eigenvalue weighted by Gasteiger charge is 2.11. The second-order valence-corrected chi connectivity index (χ2v) is 6.08. The average Bonchev–Trinajstić information content (AvgIpc) is 2.69. The van der Waals surface area contributed by atoms with Crippen LogP contribution in [0.15, 0.2) is 18.2 Å². The van der Waals surface area contributed by atoms with Crippen LogP contribution >= 0.6 is 11.3 Å². The molecule has 0 saturated carbocycles. The van der Waals surface area contributed by atoms with Crippen molar-refractivity contribution in [1.82, 2.24) is 4.98 Å². The first-order valence-electron chi connectivity index (χ1n) is 6.18. The summed E-state index contributed by atoms with van der Waals surface area (Å²) in [6, 6.07) is 6.27. The van der Waals surface area contributed by atoms with Crippen molar-refractivity contribution >= 4 is 32.6 Å². The molecule has 18 heavy (non-hydrogen) atoms. The lowest BCUT2D eigenvalue weighted by Gasteiger charge is -2.03. The number of rotatable bonds is 3. The van der Waals surface area contributed by atoms with E-state index in [4.69, 9.17) is 0 Å². The molecule has 0 unspecified atom stereocenters. The maximum atomic E-state index is 11.6. The van der Waals surface area contributed by atoms with Gasteiger partial charge in [0.2, 0.25) is 5.91 Å². The van der Waals surface area contributed by atoms with Crippen molar-refractivity contribution in [1.29, 1.82) is 0 Å². The summed E-state index contributed by atoms with van der Waals surface area (Å²) in [5.74, 6) is 0.492. The first-order valence-corrected chi connectivity index (χ1v) is 7.00. The second-order valence-electron chi connectivity index (χ2n) is 5.04. The highest BCUT2D eigenvalue weighted by atomic mass is 32.1. The van der Waals surface area contributed by atoms with Gasteiger partial charge < -0.3 is 5.32 Å². The Kier molecular flexibility index (Phi) is 3.66. The molecule has 96 valence electrons. The number of amides is 1. The largest absolute Gasteiger partial charge is 0.302 e. The Balaban J connectivity index is 2.30. The van der Waals surface area contributed by atoms with Crippen LogP contribution in [0.4, 0.5) is 5.13 Å². The van der Waals surface area contributed by atoms with Crippen LogP contribution in [0.1, 0.15) is 39.2 Å². The number of benzene rings is 1. The van der Waals surface area contributed by atoms with Crippen molar-refractivity contribution in [3.05, 3.63) is 23.8 Å². The zero-order valence-corrected chi connectivity index (χ0v) is 12.0. The summed E-state index contributed by atoms with van der Waals surface area (Å²) in [4.78, 5) is 16.0. The van der Waals surface area contributed by atoms with Gasteiger partial charge in [-0.1, -0.05) is 45.1 Å². The Bertz CT molecular complexity index is 572. The maximum Gasteiger partial charge on any atom is 0.228 e. The molecule has 0 aliphatic heterocycles. The van der Waals surface area contributed by atoms with Gasteiger partial charge in [0, 0.05) is 5.92 Å². The standard InChI is InChI=1S/C14H18N2OS/c1-8(2)10-5-6-11-12(7-10)18-14(15-11)16-13(17)9(3)4/h5-9H,1-4H3,(H,15,16,17). The second kappa shape index (κ2) is 5.06. The summed E-state index contributed by atoms with van der Waals surface area (Å²) >= 11 is 1.53. The predicted octanol–water partition coefficient (Wildman–Crippen LogP) is 4.01. The topological polar surface area (TPSA) is 42.0 Å². The van der Waals surface area contributed by atoms with Gasteiger partial charge in [0.15, 0.2) is 5.13 Å². The van der Waals surface area contributed by atoms with E-state index in [0.717, 1.165) is 10.2 Å². The van der Waals surface area contributed by atoms with Crippen LogP contribution in [0.3, 0.4) is 0 Å². The predicted molar refractivity (Wildman–Crippen MR) is 77.2 cm³/mol. The summed E-state index contributed by atoms with van der Waals surface area (Å²) in [6.07, 6.45) is 0. The fraction of sp³-hybridized carbons (Fsp3) is 0.429. The molecule has 0 aliphatic rings. The number of carbonyl (C=O) groups is 1. The minimum Gasteiger partial charge on any atom is -0.302 e. The Hall–Kier alpha value is -1.42. The number of anilines is 1. The molecule has 0 aliphatic carbocycles. The number of hydrogen-bond donors (Lipinski definition) is 1. The highest BCUT2D eigenvalue weighted by molar-refractivity contribution is 7.22. The van der Waals surface area contributed by atoms with E-state index in [1.165, 1.54) is 16.9 Å². The molecule has 1 aromatic carbocycles. The Morgan fingerprint density at radius 3 is 2.61 bits per heavy atom. The number of carbonyl (C=O) groups excluding carboxylic acids is 1. The molecule has 2 rings (SSSR count). The van der Waals surface area contributed by atoms with Crippen molar-refractivity contribution in [2.45, 2.75) is 33.6 Å². The highest BCUT2D eigenvalue weighted by Crippen LogP contribution is 2.29. The first kappa shape index (κ1) is 13.0. The summed E-state index contributed by atoms with van der Waals surface area (Å²) in [6.45, 7) is 8.09. The smallest absolute Gasteiger partial charge is 0.228 e. The van der Waals surface area contributed by atoms with Gasteiger partial charge in [0.1, 0.15) is 0 Å². The van der Waals surface area contributed by atoms with Crippen LogP contribution in [0, 0.1) is 5.92 Å². The molecule has 0 bridgehead atoms. The van der Waals surface area contributed by atoms with E-state index in [9.17, 15) is 4.79 Å². The molecule has 0 radical (unpaired) electrons. The van der Waals surface area contributed by atoms with Crippen molar-refractivity contribution in [3.63, 3.8) is 0 Å². The van der Waals surface area contributed by atoms with Gasteiger partial charge in [-0.05, 0) is 23.6 Å². The van der Waals surface area contributed by atoms with Crippen molar-refractivity contribution in [2.75, 3.05) is 5.32 Å². The average molecular weight is 262 g/mol. The van der Waals surface area contributed by atoms with Crippen LogP contribution < -0.4 is 5.32 Å². The van der Waals surface area contributed by atoms with Gasteiger partial charge in [-0.2, -0.15) is 0 Å². The minimum absolute atomic E-state index is 0.0122. The SMILES string of the molecule is CC(C)C(=O)Nc1nc2ccc(C(C)C)cc2s1. The fourth-order valence-electron chi connectivity index (χ4n) is 1.60. The molecule has 4 heteroatoms. The van der Waals surface area contributed by atoms with E-state index in [1.54, 1.807) is 0 Å². The summed E-state index contributed by atoms with van der Waals surface area (Å²) in [5, 5.41) is 3.53. The Morgan fingerprint density at radius 2 is 2.00 bits per heavy atom. The number of fused-ring (bicyclic) bond motifs is 1. The molecule has 0 saturated heterocycles. The van der Waals surface area contributed by atoms with Crippen LogP contribution in [-0.4, -0.2) is 10.9 Å². The third-order valence-electron chi connectivity index (χ3n) is 2.83. The number of aromatic nitrogens is 1. The molecule has 0 spiro atoms. The molecule has 1 heterocycles. The Morgan fingerprint density at radius 1 is 1.28 bits per heavy atom. The van der Waals surface area contributed by atoms with Crippen LogP contribution in [0.5, 0.6) is 0 Å². The summed E-state index contributed by atoms with van der Waals surface area (Å²) < 4.78 is 1.13. The number of nitrogens with zero attached hydrogens (tertiary/aromatic N) is 1. The minimum atomic E-state index is -0.0248. The van der Waals surface area contributed by atoms with Gasteiger partial charge in [0.25, 0.3) is 0 Å². The zero-order valence-electron chi connectivity index (χ0n) is 11.2. The third kappa shape index (κ3) is 2.70. The molecule has 0 fully saturated rings. The van der Waals surface area contributed by atoms with Gasteiger partial charge >= 0.3 is 0 Å². The molecule has 3 nitrogen and oxygen atoms in total. The van der Waals surface area contributed by atoms with E-state index >= 15 is 0 Å². The van der Waals surface area contributed by atoms with Crippen LogP contribution in [-0.2, 0) is 4.79 Å². The lowest BCUT2D eigenvalue weighted by atomic mass is 10.0. The zero-order chi connectivity index (χ0) is 13.3. The molecular formula is C14H18N2OS. The van der Waals surface area contributed by atoms with Gasteiger partial charge in [0.05, 0.1) is 10.2 Å². The third-order valence-corrected chi connectivity index (χ3v) is 3.77. The lowest BCUT2D eigenvalue weighted by Crippen LogP contribution is -2.17. The maximum absolute atomic E-state index is 11.6. The van der Waals surface area contributed by atoms with E-state index in [2.05, 4.69) is 36.3 Å². The van der Waals surface area contributed by atoms with E-state index in [1.807, 2.05) is 19.9 Å². The van der Waals surface area contributed by atoms with Crippen LogP contribution in [0.2, 0.25) is 0 Å². The normalized spacial score (nSPS) is 11.4. The quantitative estimate of drug-likeness (QED) is 0.908. The van der Waals surface area contributed by atoms with E-state index in [-0.39, 0.29) is 11.8 Å². The molecular weight excluding hydrogens is 244 g/mol. The van der Waals surface area contributed by atoms with Gasteiger partial charge in [-0.15, -0.1) is 0 Å². The monoisotopic (exact) mass is 262 g/mol. The Labute approximate surface area is 111 Å². The van der Waals surface area contributed by atoms with Crippen LogP contribution in [0.25, 0.3) is 10.2 Å². The van der Waals surface area contributed by atoms with Crippen molar-refractivity contribution in [3.8, 4) is 0 Å². The fourth-order valence-corrected chi connectivity index (χ4v) is 2.52. The number of hydrogen-bond acceptors (Lipinski definition) is 3. The van der Waals surface area contributed by atoms with Crippen molar-refractivity contribution in [2.24, 2.45) is 5.92 Å². The van der Waals surface area contributed by atoms with E-state index < -0.39 is 0 Å². The molecule has 1 N–H and O–H groups in total. The number of nitrogens with one attached hydrogen (secondary N) is 1. The lowest BCUT2D eigenvalue weighted by molar-refractivity contribution is -0.118. The summed E-state index contributed by atoms with van der Waals surface area (Å²) in [5.41, 5.74) is 2.25. The number of thiazole rings is 1. The molecule has 1 amide bonds. The molecule has 2 aromatic rings. The molecule has 0 atom stereocenters.